The van der Waals surface area contributed by atoms with Gasteiger partial charge >= 0.3 is 0 Å². The summed E-state index contributed by atoms with van der Waals surface area (Å²) in [6, 6.07) is 0. The Hall–Kier alpha value is -0.530. The highest BCUT2D eigenvalue weighted by atomic mass is 127. The second-order valence-corrected chi connectivity index (χ2v) is 4.99. The van der Waals surface area contributed by atoms with Gasteiger partial charge in [0.25, 0.3) is 0 Å². The molecule has 0 bridgehead atoms. The number of carbonyl (C=O) groups excluding carboxylic acids is 1. The van der Waals surface area contributed by atoms with Crippen LogP contribution in [-0.4, -0.2) is 38.0 Å². The lowest BCUT2D eigenvalue weighted by molar-refractivity contribution is -0.123. The lowest BCUT2D eigenvalue weighted by Crippen LogP contribution is -2.42. The summed E-state index contributed by atoms with van der Waals surface area (Å²) in [6.07, 6.45) is 0. The molecule has 0 aromatic carbocycles. The van der Waals surface area contributed by atoms with Gasteiger partial charge in [-0.25, -0.2) is 0 Å². The van der Waals surface area contributed by atoms with Crippen molar-refractivity contribution in [1.29, 1.82) is 0 Å². The number of amides is 1. The van der Waals surface area contributed by atoms with Gasteiger partial charge in [0.05, 0.1) is 0 Å². The molecule has 1 amide bonds. The number of carbonyl (C=O) groups is 1. The fourth-order valence-corrected chi connectivity index (χ4v) is 1.19. The summed E-state index contributed by atoms with van der Waals surface area (Å²) in [6.45, 7) is 13.0. The summed E-state index contributed by atoms with van der Waals surface area (Å²) in [7, 11) is 0. The molecule has 0 heterocycles. The van der Waals surface area contributed by atoms with Gasteiger partial charge in [-0.15, -0.1) is 24.0 Å². The third-order valence-corrected chi connectivity index (χ3v) is 2.20. The first-order chi connectivity index (χ1) is 8.47. The Morgan fingerprint density at radius 2 is 1.63 bits per heavy atom. The molecule has 0 radical (unpaired) electrons. The van der Waals surface area contributed by atoms with Crippen LogP contribution in [0.2, 0.25) is 0 Å². The Labute approximate surface area is 134 Å². The zero-order chi connectivity index (χ0) is 14.0. The number of aliphatic imine (C=N–C) groups is 1. The Bertz CT molecular complexity index is 267. The average molecular weight is 384 g/mol. The molecule has 0 rings (SSSR count). The Balaban J connectivity index is 0. The van der Waals surface area contributed by atoms with Gasteiger partial charge in [0, 0.05) is 32.1 Å². The molecule has 114 valence electrons. The van der Waals surface area contributed by atoms with Gasteiger partial charge in [-0.05, 0) is 12.8 Å². The highest BCUT2D eigenvalue weighted by molar-refractivity contribution is 14.0. The van der Waals surface area contributed by atoms with Crippen LogP contribution in [0, 0.1) is 11.8 Å². The van der Waals surface area contributed by atoms with E-state index >= 15 is 0 Å². The molecule has 0 spiro atoms. The molecular formula is C13H29IN4O. The van der Waals surface area contributed by atoms with E-state index in [4.69, 9.17) is 0 Å². The minimum absolute atomic E-state index is 0. The molecule has 0 unspecified atom stereocenters. The lowest BCUT2D eigenvalue weighted by atomic mass is 10.2. The molecule has 0 aliphatic carbocycles. The number of rotatable bonds is 7. The van der Waals surface area contributed by atoms with E-state index in [1.54, 1.807) is 0 Å². The molecular weight excluding hydrogens is 355 g/mol. The van der Waals surface area contributed by atoms with Crippen LogP contribution in [-0.2, 0) is 4.79 Å². The summed E-state index contributed by atoms with van der Waals surface area (Å²) < 4.78 is 0. The molecule has 0 aliphatic rings. The maximum atomic E-state index is 11.3. The minimum Gasteiger partial charge on any atom is -0.357 e. The predicted octanol–water partition coefficient (Wildman–Crippen LogP) is 1.59. The predicted molar refractivity (Wildman–Crippen MR) is 92.1 cm³/mol. The maximum absolute atomic E-state index is 11.3. The first kappa shape index (κ1) is 20.8. The lowest BCUT2D eigenvalue weighted by Gasteiger charge is -2.13. The fraction of sp³-hybridized carbons (Fsp3) is 0.846. The SMILES string of the molecule is CCNC(=NCC(C)C)NCCNC(=O)C(C)C.I. The van der Waals surface area contributed by atoms with Crippen molar-refractivity contribution in [3.63, 3.8) is 0 Å². The van der Waals surface area contributed by atoms with E-state index in [0.717, 1.165) is 19.0 Å². The number of hydrogen-bond donors (Lipinski definition) is 3. The fourth-order valence-electron chi connectivity index (χ4n) is 1.19. The van der Waals surface area contributed by atoms with Crippen LogP contribution < -0.4 is 16.0 Å². The smallest absolute Gasteiger partial charge is 0.222 e. The summed E-state index contributed by atoms with van der Waals surface area (Å²) in [5, 5.41) is 9.23. The van der Waals surface area contributed by atoms with Gasteiger partial charge in [-0.3, -0.25) is 9.79 Å². The topological polar surface area (TPSA) is 65.5 Å². The highest BCUT2D eigenvalue weighted by Crippen LogP contribution is 1.91. The van der Waals surface area contributed by atoms with E-state index in [9.17, 15) is 4.79 Å². The van der Waals surface area contributed by atoms with Crippen LogP contribution in [0.15, 0.2) is 4.99 Å². The van der Waals surface area contributed by atoms with E-state index in [-0.39, 0.29) is 35.8 Å². The van der Waals surface area contributed by atoms with Crippen molar-refractivity contribution in [2.24, 2.45) is 16.8 Å². The second kappa shape index (κ2) is 12.5. The maximum Gasteiger partial charge on any atom is 0.222 e. The Kier molecular flexibility index (Phi) is 13.7. The first-order valence-corrected chi connectivity index (χ1v) is 6.77. The van der Waals surface area contributed by atoms with Crippen LogP contribution in [0.25, 0.3) is 0 Å². The van der Waals surface area contributed by atoms with Gasteiger partial charge in [-0.2, -0.15) is 0 Å². The Morgan fingerprint density at radius 3 is 2.11 bits per heavy atom. The molecule has 0 aromatic rings. The molecule has 0 atom stereocenters. The van der Waals surface area contributed by atoms with Gasteiger partial charge in [0.2, 0.25) is 5.91 Å². The van der Waals surface area contributed by atoms with Crippen molar-refractivity contribution in [3.05, 3.63) is 0 Å². The van der Waals surface area contributed by atoms with Crippen molar-refractivity contribution in [2.45, 2.75) is 34.6 Å². The number of nitrogens with one attached hydrogen (secondary N) is 3. The molecule has 0 saturated heterocycles. The Morgan fingerprint density at radius 1 is 1.05 bits per heavy atom. The average Bonchev–Trinajstić information content (AvgIpc) is 2.30. The third kappa shape index (κ3) is 12.3. The van der Waals surface area contributed by atoms with Gasteiger partial charge < -0.3 is 16.0 Å². The summed E-state index contributed by atoms with van der Waals surface area (Å²) in [4.78, 5) is 15.8. The zero-order valence-corrected chi connectivity index (χ0v) is 15.1. The number of nitrogens with zero attached hydrogens (tertiary/aromatic N) is 1. The highest BCUT2D eigenvalue weighted by Gasteiger charge is 2.05. The van der Waals surface area contributed by atoms with E-state index in [2.05, 4.69) is 34.8 Å². The molecule has 0 saturated carbocycles. The van der Waals surface area contributed by atoms with Crippen LogP contribution in [0.3, 0.4) is 0 Å². The van der Waals surface area contributed by atoms with Crippen LogP contribution in [0.1, 0.15) is 34.6 Å². The normalized spacial score (nSPS) is 11.2. The zero-order valence-electron chi connectivity index (χ0n) is 12.7. The number of halogens is 1. The van der Waals surface area contributed by atoms with E-state index in [1.807, 2.05) is 20.8 Å². The number of hydrogen-bond acceptors (Lipinski definition) is 2. The van der Waals surface area contributed by atoms with Gasteiger partial charge in [-0.1, -0.05) is 27.7 Å². The summed E-state index contributed by atoms with van der Waals surface area (Å²) in [5.41, 5.74) is 0. The van der Waals surface area contributed by atoms with E-state index < -0.39 is 0 Å². The van der Waals surface area contributed by atoms with Crippen LogP contribution in [0.4, 0.5) is 0 Å². The quantitative estimate of drug-likeness (QED) is 0.270. The summed E-state index contributed by atoms with van der Waals surface area (Å²) >= 11 is 0. The molecule has 0 aliphatic heterocycles. The minimum atomic E-state index is 0. The second-order valence-electron chi connectivity index (χ2n) is 4.99. The van der Waals surface area contributed by atoms with Crippen LogP contribution in [0.5, 0.6) is 0 Å². The molecule has 3 N–H and O–H groups in total. The van der Waals surface area contributed by atoms with Crippen molar-refractivity contribution >= 4 is 35.8 Å². The standard InChI is InChI=1S/C13H28N4O.HI/c1-6-14-13(17-9-10(2)3)16-8-7-15-12(18)11(4)5;/h10-11H,6-9H2,1-5H3,(H,15,18)(H2,14,16,17);1H. The van der Waals surface area contributed by atoms with E-state index in [1.165, 1.54) is 0 Å². The molecule has 6 heteroatoms. The number of guanidine groups is 1. The van der Waals surface area contributed by atoms with Gasteiger partial charge in [0.1, 0.15) is 0 Å². The first-order valence-electron chi connectivity index (χ1n) is 6.77. The van der Waals surface area contributed by atoms with Crippen molar-refractivity contribution < 1.29 is 4.79 Å². The van der Waals surface area contributed by atoms with Crippen LogP contribution >= 0.6 is 24.0 Å². The van der Waals surface area contributed by atoms with Crippen molar-refractivity contribution in [1.82, 2.24) is 16.0 Å². The van der Waals surface area contributed by atoms with Crippen molar-refractivity contribution in [2.75, 3.05) is 26.2 Å². The summed E-state index contributed by atoms with van der Waals surface area (Å²) in [5.74, 6) is 1.47. The molecule has 0 aromatic heterocycles. The van der Waals surface area contributed by atoms with E-state index in [0.29, 0.717) is 19.0 Å². The van der Waals surface area contributed by atoms with Gasteiger partial charge in [0.15, 0.2) is 5.96 Å². The third-order valence-electron chi connectivity index (χ3n) is 2.20. The molecule has 0 fully saturated rings. The largest absolute Gasteiger partial charge is 0.357 e. The monoisotopic (exact) mass is 384 g/mol. The van der Waals surface area contributed by atoms with Crippen molar-refractivity contribution in [3.8, 4) is 0 Å². The molecule has 5 nitrogen and oxygen atoms in total. The molecule has 19 heavy (non-hydrogen) atoms.